The van der Waals surface area contributed by atoms with Gasteiger partial charge in [0, 0.05) is 50.6 Å². The van der Waals surface area contributed by atoms with E-state index < -0.39 is 6.04 Å². The van der Waals surface area contributed by atoms with Crippen molar-refractivity contribution in [2.45, 2.75) is 12.5 Å². The number of nitrogens with zero attached hydrogens (tertiary/aromatic N) is 3. The zero-order chi connectivity index (χ0) is 23.2. The van der Waals surface area contributed by atoms with E-state index in [9.17, 15) is 18.8 Å². The van der Waals surface area contributed by atoms with Crippen molar-refractivity contribution in [3.05, 3.63) is 60.4 Å². The van der Waals surface area contributed by atoms with Crippen LogP contribution < -0.4 is 15.5 Å². The van der Waals surface area contributed by atoms with E-state index in [1.54, 1.807) is 24.3 Å². The molecule has 174 valence electrons. The number of nitrogens with one attached hydrogen (secondary N) is 2. The lowest BCUT2D eigenvalue weighted by Gasteiger charge is -2.39. The highest BCUT2D eigenvalue weighted by atomic mass is 19.1. The monoisotopic (exact) mass is 453 g/mol. The first kappa shape index (κ1) is 22.7. The Balaban J connectivity index is 1.31. The van der Waals surface area contributed by atoms with Gasteiger partial charge in [0.1, 0.15) is 11.9 Å². The van der Waals surface area contributed by atoms with Crippen LogP contribution in [0, 0.1) is 5.82 Å². The van der Waals surface area contributed by atoms with E-state index in [0.29, 0.717) is 31.9 Å². The molecule has 0 aliphatic carbocycles. The second-order valence-electron chi connectivity index (χ2n) is 8.25. The predicted octanol–water partition coefficient (Wildman–Crippen LogP) is 1.30. The van der Waals surface area contributed by atoms with E-state index in [1.807, 2.05) is 18.2 Å². The van der Waals surface area contributed by atoms with Gasteiger partial charge < -0.3 is 20.4 Å². The van der Waals surface area contributed by atoms with Gasteiger partial charge in [-0.3, -0.25) is 19.3 Å². The molecule has 33 heavy (non-hydrogen) atoms. The molecule has 4 rings (SSSR count). The molecule has 8 nitrogen and oxygen atoms in total. The van der Waals surface area contributed by atoms with Gasteiger partial charge in [0.05, 0.1) is 13.0 Å². The summed E-state index contributed by atoms with van der Waals surface area (Å²) in [6, 6.07) is 14.6. The van der Waals surface area contributed by atoms with Crippen LogP contribution in [0.5, 0.6) is 0 Å². The van der Waals surface area contributed by atoms with Gasteiger partial charge in [-0.05, 0) is 36.4 Å². The Bertz CT molecular complexity index is 977. The number of para-hydroxylation sites is 1. The van der Waals surface area contributed by atoms with Crippen LogP contribution in [0.1, 0.15) is 6.42 Å². The van der Waals surface area contributed by atoms with E-state index in [-0.39, 0.29) is 36.5 Å². The van der Waals surface area contributed by atoms with E-state index in [4.69, 9.17) is 0 Å². The van der Waals surface area contributed by atoms with Gasteiger partial charge in [-0.15, -0.1) is 0 Å². The fourth-order valence-corrected chi connectivity index (χ4v) is 4.22. The van der Waals surface area contributed by atoms with Crippen molar-refractivity contribution in [3.63, 3.8) is 0 Å². The smallest absolute Gasteiger partial charge is 0.243 e. The lowest BCUT2D eigenvalue weighted by atomic mass is 10.1. The summed E-state index contributed by atoms with van der Waals surface area (Å²) < 4.78 is 13.2. The number of halogens is 1. The number of benzene rings is 2. The maximum atomic E-state index is 13.2. The Labute approximate surface area is 192 Å². The van der Waals surface area contributed by atoms with E-state index in [1.165, 1.54) is 17.0 Å². The zero-order valence-electron chi connectivity index (χ0n) is 18.4. The van der Waals surface area contributed by atoms with Crippen LogP contribution >= 0.6 is 0 Å². The lowest BCUT2D eigenvalue weighted by Crippen LogP contribution is -2.60. The van der Waals surface area contributed by atoms with Crippen LogP contribution in [0.4, 0.5) is 15.8 Å². The maximum absolute atomic E-state index is 13.2. The number of hydrogen-bond donors (Lipinski definition) is 2. The first-order chi connectivity index (χ1) is 16.0. The third-order valence-corrected chi connectivity index (χ3v) is 6.01. The summed E-state index contributed by atoms with van der Waals surface area (Å²) in [6.45, 7) is 3.76. The van der Waals surface area contributed by atoms with Crippen molar-refractivity contribution in [1.82, 2.24) is 15.1 Å². The van der Waals surface area contributed by atoms with Gasteiger partial charge in [0.25, 0.3) is 0 Å². The highest BCUT2D eigenvalue weighted by Gasteiger charge is 2.35. The number of piperazine rings is 2. The number of carbonyl (C=O) groups is 3. The number of carbonyl (C=O) groups excluding carboxylic acids is 3. The summed E-state index contributed by atoms with van der Waals surface area (Å²) in [6.07, 6.45) is -0.0924. The summed E-state index contributed by atoms with van der Waals surface area (Å²) in [4.78, 5) is 43.8. The summed E-state index contributed by atoms with van der Waals surface area (Å²) in [7, 11) is 0. The quantitative estimate of drug-likeness (QED) is 0.689. The molecule has 2 N–H and O–H groups in total. The lowest BCUT2D eigenvalue weighted by molar-refractivity contribution is -0.145. The van der Waals surface area contributed by atoms with E-state index in [0.717, 1.165) is 18.8 Å². The average Bonchev–Trinajstić information content (AvgIpc) is 2.82. The molecule has 3 amide bonds. The van der Waals surface area contributed by atoms with Crippen molar-refractivity contribution in [2.24, 2.45) is 0 Å². The fraction of sp³-hybridized carbons (Fsp3) is 0.375. The van der Waals surface area contributed by atoms with Crippen LogP contribution in [0.3, 0.4) is 0 Å². The van der Waals surface area contributed by atoms with Crippen molar-refractivity contribution in [1.29, 1.82) is 0 Å². The van der Waals surface area contributed by atoms with Crippen LogP contribution in [0.15, 0.2) is 54.6 Å². The Morgan fingerprint density at radius 1 is 0.970 bits per heavy atom. The number of amides is 3. The molecule has 0 spiro atoms. The van der Waals surface area contributed by atoms with Crippen molar-refractivity contribution < 1.29 is 18.8 Å². The second kappa shape index (κ2) is 10.4. The molecule has 9 heteroatoms. The summed E-state index contributed by atoms with van der Waals surface area (Å²) in [5.74, 6) is -1.04. The van der Waals surface area contributed by atoms with Gasteiger partial charge in [0.15, 0.2) is 0 Å². The third-order valence-electron chi connectivity index (χ3n) is 6.01. The first-order valence-corrected chi connectivity index (χ1v) is 11.1. The van der Waals surface area contributed by atoms with E-state index >= 15 is 0 Å². The molecule has 2 saturated heterocycles. The Hall–Kier alpha value is -3.46. The van der Waals surface area contributed by atoms with Crippen LogP contribution in [0.25, 0.3) is 0 Å². The van der Waals surface area contributed by atoms with Crippen LogP contribution in [0.2, 0.25) is 0 Å². The molecular weight excluding hydrogens is 425 g/mol. The Morgan fingerprint density at radius 3 is 2.36 bits per heavy atom. The van der Waals surface area contributed by atoms with Gasteiger partial charge >= 0.3 is 0 Å². The molecular formula is C24H28FN5O3. The van der Waals surface area contributed by atoms with Gasteiger partial charge in [-0.1, -0.05) is 18.2 Å². The minimum absolute atomic E-state index is 0.0924. The summed E-state index contributed by atoms with van der Waals surface area (Å²) in [5, 5.41) is 5.54. The van der Waals surface area contributed by atoms with Crippen molar-refractivity contribution in [3.8, 4) is 0 Å². The summed E-state index contributed by atoms with van der Waals surface area (Å²) in [5.41, 5.74) is 1.61. The fourth-order valence-electron chi connectivity index (χ4n) is 4.22. The third kappa shape index (κ3) is 5.87. The molecule has 0 bridgehead atoms. The normalized spacial score (nSPS) is 19.2. The minimum Gasteiger partial charge on any atom is -0.369 e. The molecule has 2 aliphatic rings. The topological polar surface area (TPSA) is 85.0 Å². The van der Waals surface area contributed by atoms with Crippen LogP contribution in [-0.2, 0) is 14.4 Å². The molecule has 2 aromatic rings. The van der Waals surface area contributed by atoms with Gasteiger partial charge in [-0.2, -0.15) is 0 Å². The predicted molar refractivity (Wildman–Crippen MR) is 123 cm³/mol. The molecule has 0 unspecified atom stereocenters. The molecule has 0 radical (unpaired) electrons. The highest BCUT2D eigenvalue weighted by Crippen LogP contribution is 2.18. The maximum Gasteiger partial charge on any atom is 0.243 e. The SMILES string of the molecule is O=C(C[C@@H]1C(=O)NCCN1C(=O)CN1CCN(c2ccc(F)cc2)CC1)Nc1ccccc1. The molecule has 0 saturated carbocycles. The Morgan fingerprint density at radius 2 is 1.67 bits per heavy atom. The van der Waals surface area contributed by atoms with Gasteiger partial charge in [0.2, 0.25) is 17.7 Å². The standard InChI is InChI=1S/C24H28FN5O3/c25-18-6-8-20(9-7-18)29-14-12-28(13-15-29)17-23(32)30-11-10-26-24(33)21(30)16-22(31)27-19-4-2-1-3-5-19/h1-9,21H,10-17H2,(H,26,33)(H,27,31)/t21-/m1/s1. The first-order valence-electron chi connectivity index (χ1n) is 11.1. The molecule has 2 heterocycles. The molecule has 2 aliphatic heterocycles. The molecule has 0 aromatic heterocycles. The number of hydrogen-bond acceptors (Lipinski definition) is 5. The molecule has 2 aromatic carbocycles. The van der Waals surface area contributed by atoms with Crippen LogP contribution in [-0.4, -0.2) is 79.4 Å². The summed E-state index contributed by atoms with van der Waals surface area (Å²) >= 11 is 0. The average molecular weight is 454 g/mol. The molecule has 1 atom stereocenters. The zero-order valence-corrected chi connectivity index (χ0v) is 18.4. The van der Waals surface area contributed by atoms with Crippen molar-refractivity contribution >= 4 is 29.1 Å². The second-order valence-corrected chi connectivity index (χ2v) is 8.25. The highest BCUT2D eigenvalue weighted by molar-refractivity contribution is 5.97. The van der Waals surface area contributed by atoms with Crippen molar-refractivity contribution in [2.75, 3.05) is 56.0 Å². The number of rotatable bonds is 6. The van der Waals surface area contributed by atoms with E-state index in [2.05, 4.69) is 20.4 Å². The minimum atomic E-state index is -0.824. The largest absolute Gasteiger partial charge is 0.369 e. The number of anilines is 2. The molecule has 2 fully saturated rings. The van der Waals surface area contributed by atoms with Gasteiger partial charge in [-0.25, -0.2) is 4.39 Å². The Kier molecular flexibility index (Phi) is 7.19.